The van der Waals surface area contributed by atoms with Crippen LogP contribution in [0.1, 0.15) is 12.8 Å². The molecular formula is C11H15FN2. The van der Waals surface area contributed by atoms with Crippen LogP contribution in [0.15, 0.2) is 18.2 Å². The topological polar surface area (TPSA) is 15.3 Å². The van der Waals surface area contributed by atoms with Crippen LogP contribution in [-0.2, 0) is 0 Å². The van der Waals surface area contributed by atoms with E-state index >= 15 is 0 Å². The molecule has 76 valence electrons. The number of nitrogens with one attached hydrogen (secondary N) is 1. The third-order valence-electron chi connectivity index (χ3n) is 2.68. The number of benzene rings is 1. The van der Waals surface area contributed by atoms with Crippen molar-refractivity contribution in [1.29, 1.82) is 0 Å². The Kier molecular flexibility index (Phi) is 2.57. The van der Waals surface area contributed by atoms with Crippen LogP contribution in [0.25, 0.3) is 0 Å². The smallest absolute Gasteiger partial charge is 0.125 e. The van der Waals surface area contributed by atoms with Gasteiger partial charge in [-0.3, -0.25) is 0 Å². The lowest BCUT2D eigenvalue weighted by Crippen LogP contribution is -2.19. The zero-order chi connectivity index (χ0) is 9.97. The first-order valence-electron chi connectivity index (χ1n) is 5.03. The van der Waals surface area contributed by atoms with E-state index in [1.807, 2.05) is 7.05 Å². The summed E-state index contributed by atoms with van der Waals surface area (Å²) in [6, 6.07) is 4.89. The highest BCUT2D eigenvalue weighted by Gasteiger charge is 2.15. The molecule has 0 aromatic heterocycles. The second-order valence-electron chi connectivity index (χ2n) is 3.61. The van der Waals surface area contributed by atoms with Crippen LogP contribution in [0.2, 0.25) is 0 Å². The fourth-order valence-corrected chi connectivity index (χ4v) is 1.94. The average Bonchev–Trinajstić information content (AvgIpc) is 2.70. The minimum atomic E-state index is -0.161. The molecule has 0 bridgehead atoms. The number of hydrogen-bond donors (Lipinski definition) is 1. The van der Waals surface area contributed by atoms with Gasteiger partial charge in [0, 0.05) is 20.1 Å². The minimum absolute atomic E-state index is 0.161. The second kappa shape index (κ2) is 3.86. The molecule has 1 aliphatic rings. The van der Waals surface area contributed by atoms with Crippen molar-refractivity contribution in [3.63, 3.8) is 0 Å². The zero-order valence-electron chi connectivity index (χ0n) is 8.39. The van der Waals surface area contributed by atoms with Gasteiger partial charge in [0.15, 0.2) is 0 Å². The van der Waals surface area contributed by atoms with E-state index in [1.54, 1.807) is 12.1 Å². The van der Waals surface area contributed by atoms with E-state index in [1.165, 1.54) is 18.9 Å². The van der Waals surface area contributed by atoms with E-state index < -0.39 is 0 Å². The summed E-state index contributed by atoms with van der Waals surface area (Å²) in [6.07, 6.45) is 2.42. The van der Waals surface area contributed by atoms with Crippen LogP contribution in [-0.4, -0.2) is 20.1 Å². The van der Waals surface area contributed by atoms with Crippen molar-refractivity contribution in [2.75, 3.05) is 30.4 Å². The van der Waals surface area contributed by atoms with Gasteiger partial charge >= 0.3 is 0 Å². The molecule has 1 aliphatic heterocycles. The highest BCUT2D eigenvalue weighted by molar-refractivity contribution is 5.70. The lowest BCUT2D eigenvalue weighted by Gasteiger charge is -2.21. The molecule has 1 aromatic rings. The molecule has 0 atom stereocenters. The Bertz CT molecular complexity index is 319. The maximum Gasteiger partial charge on any atom is 0.125 e. The van der Waals surface area contributed by atoms with Gasteiger partial charge in [0.25, 0.3) is 0 Å². The molecule has 14 heavy (non-hydrogen) atoms. The summed E-state index contributed by atoms with van der Waals surface area (Å²) in [5, 5.41) is 3.09. The summed E-state index contributed by atoms with van der Waals surface area (Å²) in [4.78, 5) is 2.23. The van der Waals surface area contributed by atoms with Crippen LogP contribution < -0.4 is 10.2 Å². The number of rotatable bonds is 2. The molecule has 2 nitrogen and oxygen atoms in total. The van der Waals surface area contributed by atoms with Gasteiger partial charge in [-0.25, -0.2) is 4.39 Å². The van der Waals surface area contributed by atoms with Crippen LogP contribution in [0.5, 0.6) is 0 Å². The molecule has 1 saturated heterocycles. The predicted octanol–water partition coefficient (Wildman–Crippen LogP) is 2.47. The molecule has 0 aliphatic carbocycles. The fraction of sp³-hybridized carbons (Fsp3) is 0.455. The fourth-order valence-electron chi connectivity index (χ4n) is 1.94. The van der Waals surface area contributed by atoms with Crippen LogP contribution in [0.3, 0.4) is 0 Å². The zero-order valence-corrected chi connectivity index (χ0v) is 8.39. The van der Waals surface area contributed by atoms with E-state index in [2.05, 4.69) is 10.2 Å². The quantitative estimate of drug-likeness (QED) is 0.778. The number of anilines is 2. The Morgan fingerprint density at radius 3 is 2.64 bits per heavy atom. The van der Waals surface area contributed by atoms with E-state index in [9.17, 15) is 4.39 Å². The van der Waals surface area contributed by atoms with Crippen LogP contribution >= 0.6 is 0 Å². The summed E-state index contributed by atoms with van der Waals surface area (Å²) in [5.41, 5.74) is 2.00. The summed E-state index contributed by atoms with van der Waals surface area (Å²) in [7, 11) is 1.87. The third kappa shape index (κ3) is 1.67. The van der Waals surface area contributed by atoms with E-state index in [4.69, 9.17) is 0 Å². The van der Waals surface area contributed by atoms with E-state index in [0.29, 0.717) is 0 Å². The first kappa shape index (κ1) is 9.31. The summed E-state index contributed by atoms with van der Waals surface area (Å²) in [6.45, 7) is 2.08. The Hall–Kier alpha value is -1.25. The maximum absolute atomic E-state index is 13.1. The second-order valence-corrected chi connectivity index (χ2v) is 3.61. The molecule has 3 heteroatoms. The molecule has 1 aromatic carbocycles. The van der Waals surface area contributed by atoms with Crippen molar-refractivity contribution in [1.82, 2.24) is 0 Å². The highest BCUT2D eigenvalue weighted by Crippen LogP contribution is 2.29. The largest absolute Gasteiger partial charge is 0.386 e. The highest BCUT2D eigenvalue weighted by atomic mass is 19.1. The van der Waals surface area contributed by atoms with Gasteiger partial charge < -0.3 is 10.2 Å². The van der Waals surface area contributed by atoms with Crippen molar-refractivity contribution in [3.8, 4) is 0 Å². The van der Waals surface area contributed by atoms with Gasteiger partial charge in [0.1, 0.15) is 5.82 Å². The van der Waals surface area contributed by atoms with Gasteiger partial charge in [-0.05, 0) is 31.0 Å². The van der Waals surface area contributed by atoms with Crippen molar-refractivity contribution in [2.45, 2.75) is 12.8 Å². The first-order chi connectivity index (χ1) is 6.81. The molecule has 0 unspecified atom stereocenters. The number of hydrogen-bond acceptors (Lipinski definition) is 2. The molecule has 1 heterocycles. The van der Waals surface area contributed by atoms with Crippen LogP contribution in [0.4, 0.5) is 15.8 Å². The van der Waals surface area contributed by atoms with E-state index in [-0.39, 0.29) is 5.82 Å². The van der Waals surface area contributed by atoms with Crippen LogP contribution in [0, 0.1) is 5.82 Å². The lowest BCUT2D eigenvalue weighted by molar-refractivity contribution is 0.627. The normalized spacial score (nSPS) is 16.0. The predicted molar refractivity (Wildman–Crippen MR) is 57.4 cm³/mol. The van der Waals surface area contributed by atoms with Gasteiger partial charge in [-0.2, -0.15) is 0 Å². The Morgan fingerprint density at radius 1 is 1.29 bits per heavy atom. The number of nitrogens with zero attached hydrogens (tertiary/aromatic N) is 1. The van der Waals surface area contributed by atoms with Crippen molar-refractivity contribution in [2.24, 2.45) is 0 Å². The molecule has 0 radical (unpaired) electrons. The van der Waals surface area contributed by atoms with Gasteiger partial charge in [0.05, 0.1) is 11.4 Å². The SMILES string of the molecule is CNc1ccc(F)cc1N1CCCC1. The Morgan fingerprint density at radius 2 is 2.00 bits per heavy atom. The lowest BCUT2D eigenvalue weighted by atomic mass is 10.2. The first-order valence-corrected chi connectivity index (χ1v) is 5.03. The van der Waals surface area contributed by atoms with Crippen molar-refractivity contribution in [3.05, 3.63) is 24.0 Å². The molecule has 1 N–H and O–H groups in total. The summed E-state index contributed by atoms with van der Waals surface area (Å²) < 4.78 is 13.1. The number of halogens is 1. The van der Waals surface area contributed by atoms with Gasteiger partial charge in [-0.15, -0.1) is 0 Å². The molecule has 0 amide bonds. The molecule has 2 rings (SSSR count). The third-order valence-corrected chi connectivity index (χ3v) is 2.68. The minimum Gasteiger partial charge on any atom is -0.386 e. The van der Waals surface area contributed by atoms with Gasteiger partial charge in [0.2, 0.25) is 0 Å². The average molecular weight is 194 g/mol. The summed E-state index contributed by atoms with van der Waals surface area (Å²) >= 11 is 0. The standard InChI is InChI=1S/C11H15FN2/c1-13-10-5-4-9(12)8-11(10)14-6-2-3-7-14/h4-5,8,13H,2-3,6-7H2,1H3. The van der Waals surface area contributed by atoms with Gasteiger partial charge in [-0.1, -0.05) is 0 Å². The van der Waals surface area contributed by atoms with Crippen molar-refractivity contribution >= 4 is 11.4 Å². The molecule has 0 saturated carbocycles. The Labute approximate surface area is 83.7 Å². The van der Waals surface area contributed by atoms with E-state index in [0.717, 1.165) is 24.5 Å². The summed E-state index contributed by atoms with van der Waals surface area (Å²) in [5.74, 6) is -0.161. The maximum atomic E-state index is 13.1. The molecule has 0 spiro atoms. The molecular weight excluding hydrogens is 179 g/mol. The van der Waals surface area contributed by atoms with Crippen molar-refractivity contribution < 1.29 is 4.39 Å². The molecule has 1 fully saturated rings. The Balaban J connectivity index is 2.33. The monoisotopic (exact) mass is 194 g/mol.